The molecule has 0 spiro atoms. The number of rotatable bonds is 6. The Morgan fingerprint density at radius 3 is 2.00 bits per heavy atom. The van der Waals surface area contributed by atoms with Crippen molar-refractivity contribution in [3.63, 3.8) is 0 Å². The number of carbonyl (C=O) groups excluding carboxylic acids is 1. The molecule has 0 saturated carbocycles. The van der Waals surface area contributed by atoms with E-state index in [-0.39, 0.29) is 12.8 Å². The van der Waals surface area contributed by atoms with Gasteiger partial charge in [0.25, 0.3) is 0 Å². The van der Waals surface area contributed by atoms with Crippen LogP contribution in [0.3, 0.4) is 0 Å². The van der Waals surface area contributed by atoms with Gasteiger partial charge in [-0.25, -0.2) is 4.79 Å². The summed E-state index contributed by atoms with van der Waals surface area (Å²) >= 11 is 0. The number of primary amides is 1. The lowest BCUT2D eigenvalue weighted by Crippen LogP contribution is -2.54. The van der Waals surface area contributed by atoms with Crippen LogP contribution in [0.2, 0.25) is 13.1 Å². The molecule has 0 radical (unpaired) electrons. The monoisotopic (exact) mass is 261 g/mol. The van der Waals surface area contributed by atoms with Gasteiger partial charge in [0.15, 0.2) is 14.6 Å². The summed E-state index contributed by atoms with van der Waals surface area (Å²) in [6.45, 7) is 9.23. The lowest BCUT2D eigenvalue weighted by molar-refractivity contribution is -0.168. The highest BCUT2D eigenvalue weighted by Crippen LogP contribution is 2.38. The number of hydrogen-bond acceptors (Lipinski definition) is 3. The Morgan fingerprint density at radius 2 is 1.76 bits per heavy atom. The van der Waals surface area contributed by atoms with E-state index in [4.69, 9.17) is 10.2 Å². The molecule has 6 heteroatoms. The quantitative estimate of drug-likeness (QED) is 0.701. The fraction of sp³-hybridized carbons (Fsp3) is 0.818. The van der Waals surface area contributed by atoms with Gasteiger partial charge in [-0.2, -0.15) is 0 Å². The van der Waals surface area contributed by atoms with Crippen LogP contribution in [0, 0.1) is 5.41 Å². The fourth-order valence-electron chi connectivity index (χ4n) is 1.79. The van der Waals surface area contributed by atoms with Gasteiger partial charge in [0, 0.05) is 11.8 Å². The Balaban J connectivity index is 5.25. The Kier molecular flexibility index (Phi) is 5.34. The van der Waals surface area contributed by atoms with Crippen LogP contribution in [0.25, 0.3) is 0 Å². The van der Waals surface area contributed by atoms with E-state index in [1.807, 2.05) is 13.1 Å². The Bertz CT molecular complexity index is 298. The Hall–Kier alpha value is -0.883. The van der Waals surface area contributed by atoms with Crippen LogP contribution in [0.5, 0.6) is 0 Å². The van der Waals surface area contributed by atoms with E-state index in [0.717, 1.165) is 0 Å². The number of hydrogen-bond donors (Lipinski definition) is 2. The summed E-state index contributed by atoms with van der Waals surface area (Å²) in [7, 11) is -1.55. The smallest absolute Gasteiger partial charge is 0.335 e. The van der Waals surface area contributed by atoms with Crippen molar-refractivity contribution in [3.8, 4) is 0 Å². The Morgan fingerprint density at radius 1 is 1.29 bits per heavy atom. The normalized spacial score (nSPS) is 15.6. The summed E-state index contributed by atoms with van der Waals surface area (Å²) in [5, 5.41) is 9.47. The maximum absolute atomic E-state index is 11.6. The zero-order chi connectivity index (χ0) is 13.9. The molecule has 0 aromatic heterocycles. The highest BCUT2D eigenvalue weighted by Gasteiger charge is 2.50. The summed E-state index contributed by atoms with van der Waals surface area (Å²) < 4.78 is 5.75. The molecule has 17 heavy (non-hydrogen) atoms. The van der Waals surface area contributed by atoms with Crippen LogP contribution in [-0.2, 0) is 14.0 Å². The predicted molar refractivity (Wildman–Crippen MR) is 68.2 cm³/mol. The van der Waals surface area contributed by atoms with Crippen molar-refractivity contribution in [2.24, 2.45) is 11.1 Å². The van der Waals surface area contributed by atoms with Gasteiger partial charge in [-0.05, 0) is 19.5 Å². The van der Waals surface area contributed by atoms with Gasteiger partial charge >= 0.3 is 5.97 Å². The predicted octanol–water partition coefficient (Wildman–Crippen LogP) is 1.12. The second-order valence-electron chi connectivity index (χ2n) is 5.52. The van der Waals surface area contributed by atoms with Crippen molar-refractivity contribution in [1.29, 1.82) is 0 Å². The first-order chi connectivity index (χ1) is 7.53. The molecule has 5 nitrogen and oxygen atoms in total. The third-order valence-corrected chi connectivity index (χ3v) is 3.59. The lowest BCUT2D eigenvalue weighted by atomic mass is 9.73. The molecule has 0 bridgehead atoms. The van der Waals surface area contributed by atoms with Crippen molar-refractivity contribution < 1.29 is 19.1 Å². The topological polar surface area (TPSA) is 89.6 Å². The molecule has 0 aliphatic rings. The van der Waals surface area contributed by atoms with E-state index in [9.17, 15) is 14.7 Å². The maximum Gasteiger partial charge on any atom is 0.335 e. The zero-order valence-corrected chi connectivity index (χ0v) is 12.4. The van der Waals surface area contributed by atoms with E-state index >= 15 is 0 Å². The molecule has 0 aromatic rings. The third-order valence-electron chi connectivity index (χ3n) is 2.72. The van der Waals surface area contributed by atoms with Gasteiger partial charge in [0.1, 0.15) is 0 Å². The first-order valence-electron chi connectivity index (χ1n) is 5.72. The molecule has 0 heterocycles. The summed E-state index contributed by atoms with van der Waals surface area (Å²) in [6, 6.07) is 0. The molecule has 0 rings (SSSR count). The summed E-state index contributed by atoms with van der Waals surface area (Å²) in [5.41, 5.74) is 3.18. The summed E-state index contributed by atoms with van der Waals surface area (Å²) in [4.78, 5) is 22.4. The molecule has 0 aliphatic carbocycles. The van der Waals surface area contributed by atoms with Crippen LogP contribution in [-0.4, -0.2) is 31.6 Å². The number of carboxylic acid groups (broad SMARTS) is 1. The molecule has 0 unspecified atom stereocenters. The summed E-state index contributed by atoms with van der Waals surface area (Å²) in [5.74, 6) is -1.53. The third kappa shape index (κ3) is 4.12. The van der Waals surface area contributed by atoms with E-state index in [2.05, 4.69) is 0 Å². The molecule has 0 aromatic carbocycles. The van der Waals surface area contributed by atoms with Crippen LogP contribution >= 0.6 is 0 Å². The van der Waals surface area contributed by atoms with Crippen molar-refractivity contribution in [1.82, 2.24) is 0 Å². The molecule has 100 valence electrons. The number of carboxylic acids is 1. The molecule has 1 amide bonds. The lowest BCUT2D eigenvalue weighted by Gasteiger charge is -2.42. The fourth-order valence-corrected chi connectivity index (χ4v) is 3.17. The Labute approximate surface area is 104 Å². The van der Waals surface area contributed by atoms with Crippen LogP contribution < -0.4 is 5.73 Å². The number of carbonyl (C=O) groups is 2. The maximum atomic E-state index is 11.6. The molecule has 0 saturated heterocycles. The SMILES string of the molecule is C[SiH](C)O[C@](CCC(N)=O)(C(=O)O)C(C)(C)C. The van der Waals surface area contributed by atoms with Gasteiger partial charge in [0.05, 0.1) is 0 Å². The minimum Gasteiger partial charge on any atom is -0.479 e. The van der Waals surface area contributed by atoms with Crippen molar-refractivity contribution in [2.45, 2.75) is 52.3 Å². The van der Waals surface area contributed by atoms with Gasteiger partial charge < -0.3 is 15.3 Å². The van der Waals surface area contributed by atoms with E-state index < -0.39 is 31.9 Å². The van der Waals surface area contributed by atoms with Crippen LogP contribution in [0.1, 0.15) is 33.6 Å². The summed E-state index contributed by atoms with van der Waals surface area (Å²) in [6.07, 6.45) is 0.136. The van der Waals surface area contributed by atoms with Crippen molar-refractivity contribution in [3.05, 3.63) is 0 Å². The molecule has 1 atom stereocenters. The van der Waals surface area contributed by atoms with E-state index in [0.29, 0.717) is 0 Å². The highest BCUT2D eigenvalue weighted by atomic mass is 28.3. The van der Waals surface area contributed by atoms with Gasteiger partial charge in [-0.3, -0.25) is 4.79 Å². The van der Waals surface area contributed by atoms with E-state index in [1.54, 1.807) is 20.8 Å². The van der Waals surface area contributed by atoms with Crippen molar-refractivity contribution in [2.75, 3.05) is 0 Å². The average molecular weight is 261 g/mol. The molecule has 3 N–H and O–H groups in total. The average Bonchev–Trinajstić information content (AvgIpc) is 2.08. The van der Waals surface area contributed by atoms with Crippen LogP contribution in [0.15, 0.2) is 0 Å². The van der Waals surface area contributed by atoms with Crippen molar-refractivity contribution >= 4 is 20.9 Å². The second kappa shape index (κ2) is 5.64. The second-order valence-corrected chi connectivity index (χ2v) is 7.85. The van der Waals surface area contributed by atoms with Crippen LogP contribution in [0.4, 0.5) is 0 Å². The highest BCUT2D eigenvalue weighted by molar-refractivity contribution is 6.48. The van der Waals surface area contributed by atoms with Gasteiger partial charge in [-0.15, -0.1) is 0 Å². The zero-order valence-electron chi connectivity index (χ0n) is 11.2. The first kappa shape index (κ1) is 16.1. The van der Waals surface area contributed by atoms with Gasteiger partial charge in [-0.1, -0.05) is 20.8 Å². The number of aliphatic carboxylic acids is 1. The molecule has 0 aliphatic heterocycles. The standard InChI is InChI=1S/C11H23NO4Si/c1-10(2,3)11(9(14)15,16-17(4)5)7-6-8(12)13/h17H,6-7H2,1-5H3,(H2,12,13)(H,14,15)/t11-/m1/s1. The largest absolute Gasteiger partial charge is 0.479 e. The molecule has 0 fully saturated rings. The number of nitrogens with two attached hydrogens (primary N) is 1. The molecular weight excluding hydrogens is 238 g/mol. The minimum absolute atomic E-state index is 0.0185. The van der Waals surface area contributed by atoms with E-state index in [1.165, 1.54) is 0 Å². The number of amides is 1. The molecular formula is C11H23NO4Si. The minimum atomic E-state index is -1.55. The van der Waals surface area contributed by atoms with Gasteiger partial charge in [0.2, 0.25) is 5.91 Å². The first-order valence-corrected chi connectivity index (χ1v) is 8.50.